The van der Waals surface area contributed by atoms with Crippen LogP contribution in [-0.2, 0) is 0 Å². The smallest absolute Gasteiger partial charge is 0.203 e. The molecular formula is C22H32N4O3. The fourth-order valence-electron chi connectivity index (χ4n) is 3.53. The monoisotopic (exact) mass is 400 g/mol. The molecule has 0 saturated carbocycles. The molecule has 7 heteroatoms. The molecule has 0 spiro atoms. The molecule has 1 aromatic heterocycles. The number of pyridine rings is 1. The van der Waals surface area contributed by atoms with Crippen molar-refractivity contribution in [3.05, 3.63) is 30.5 Å². The summed E-state index contributed by atoms with van der Waals surface area (Å²) in [5.41, 5.74) is 1.99. The lowest BCUT2D eigenvalue weighted by Gasteiger charge is -2.35. The zero-order valence-corrected chi connectivity index (χ0v) is 18.1. The van der Waals surface area contributed by atoms with Gasteiger partial charge in [-0.3, -0.25) is 4.90 Å². The maximum atomic E-state index is 5.46. The van der Waals surface area contributed by atoms with Crippen LogP contribution in [0.15, 0.2) is 30.5 Å². The fourth-order valence-corrected chi connectivity index (χ4v) is 3.53. The third-order valence-electron chi connectivity index (χ3n) is 5.31. The van der Waals surface area contributed by atoms with E-state index in [1.54, 1.807) is 21.3 Å². The number of rotatable bonds is 8. The van der Waals surface area contributed by atoms with Crippen molar-refractivity contribution in [3.8, 4) is 28.4 Å². The molecule has 1 saturated heterocycles. The highest BCUT2D eigenvalue weighted by Crippen LogP contribution is 2.41. The molecule has 0 radical (unpaired) electrons. The van der Waals surface area contributed by atoms with E-state index < -0.39 is 0 Å². The first kappa shape index (κ1) is 21.2. The summed E-state index contributed by atoms with van der Waals surface area (Å²) in [5.74, 6) is 2.89. The summed E-state index contributed by atoms with van der Waals surface area (Å²) < 4.78 is 16.3. The van der Waals surface area contributed by atoms with Crippen molar-refractivity contribution in [1.29, 1.82) is 0 Å². The quantitative estimate of drug-likeness (QED) is 0.675. The fraction of sp³-hybridized carbons (Fsp3) is 0.500. The van der Waals surface area contributed by atoms with E-state index >= 15 is 0 Å². The lowest BCUT2D eigenvalue weighted by atomic mass is 10.1. The number of hydrogen-bond donors (Lipinski definition) is 0. The van der Waals surface area contributed by atoms with Gasteiger partial charge in [0.05, 0.1) is 21.3 Å². The molecule has 3 rings (SSSR count). The van der Waals surface area contributed by atoms with Crippen LogP contribution in [-0.4, -0.2) is 89.5 Å². The van der Waals surface area contributed by atoms with Gasteiger partial charge in [-0.25, -0.2) is 4.98 Å². The lowest BCUT2D eigenvalue weighted by Crippen LogP contribution is -2.48. The van der Waals surface area contributed by atoms with E-state index in [2.05, 4.69) is 40.9 Å². The van der Waals surface area contributed by atoms with Crippen LogP contribution in [0, 0.1) is 0 Å². The number of anilines is 1. The molecule has 0 bridgehead atoms. The first-order chi connectivity index (χ1) is 14.0. The number of ether oxygens (including phenoxy) is 3. The van der Waals surface area contributed by atoms with E-state index in [0.717, 1.165) is 56.2 Å². The zero-order chi connectivity index (χ0) is 20.8. The number of benzene rings is 1. The molecule has 2 heterocycles. The van der Waals surface area contributed by atoms with Crippen LogP contribution in [0.3, 0.4) is 0 Å². The van der Waals surface area contributed by atoms with Crippen molar-refractivity contribution >= 4 is 5.82 Å². The van der Waals surface area contributed by atoms with E-state index in [9.17, 15) is 0 Å². The van der Waals surface area contributed by atoms with E-state index in [0.29, 0.717) is 17.2 Å². The highest BCUT2D eigenvalue weighted by Gasteiger charge is 2.18. The Morgan fingerprint density at radius 1 is 0.897 bits per heavy atom. The Morgan fingerprint density at radius 3 is 2.03 bits per heavy atom. The first-order valence-electron chi connectivity index (χ1n) is 9.94. The van der Waals surface area contributed by atoms with Crippen LogP contribution in [0.25, 0.3) is 11.1 Å². The Hall–Kier alpha value is -2.51. The van der Waals surface area contributed by atoms with Gasteiger partial charge in [-0.05, 0) is 43.9 Å². The maximum Gasteiger partial charge on any atom is 0.203 e. The van der Waals surface area contributed by atoms with Crippen LogP contribution in [0.1, 0.15) is 0 Å². The lowest BCUT2D eigenvalue weighted by molar-refractivity contribution is 0.229. The predicted octanol–water partition coefficient (Wildman–Crippen LogP) is 2.46. The molecule has 2 aromatic rings. The van der Waals surface area contributed by atoms with Crippen molar-refractivity contribution in [1.82, 2.24) is 14.8 Å². The van der Waals surface area contributed by atoms with Crippen molar-refractivity contribution in [2.24, 2.45) is 0 Å². The van der Waals surface area contributed by atoms with Gasteiger partial charge in [0.15, 0.2) is 11.5 Å². The molecule has 0 amide bonds. The third-order valence-corrected chi connectivity index (χ3v) is 5.31. The van der Waals surface area contributed by atoms with Crippen LogP contribution in [0.2, 0.25) is 0 Å². The van der Waals surface area contributed by atoms with Gasteiger partial charge in [-0.15, -0.1) is 0 Å². The van der Waals surface area contributed by atoms with Crippen LogP contribution < -0.4 is 19.1 Å². The molecular weight excluding hydrogens is 368 g/mol. The Labute approximate surface area is 173 Å². The molecule has 1 fully saturated rings. The van der Waals surface area contributed by atoms with E-state index in [4.69, 9.17) is 19.2 Å². The summed E-state index contributed by atoms with van der Waals surface area (Å²) in [6, 6.07) is 8.08. The summed E-state index contributed by atoms with van der Waals surface area (Å²) in [5, 5.41) is 0. The minimum atomic E-state index is 0.593. The second kappa shape index (κ2) is 9.80. The first-order valence-corrected chi connectivity index (χ1v) is 9.94. The zero-order valence-electron chi connectivity index (χ0n) is 18.1. The molecule has 0 aliphatic carbocycles. The Balaban J connectivity index is 1.70. The minimum Gasteiger partial charge on any atom is -0.493 e. The summed E-state index contributed by atoms with van der Waals surface area (Å²) in [7, 11) is 9.10. The molecule has 1 aliphatic rings. The predicted molar refractivity (Wildman–Crippen MR) is 117 cm³/mol. The molecule has 0 N–H and O–H groups in total. The number of likely N-dealkylation sites (N-methyl/N-ethyl adjacent to an activating group) is 1. The number of piperazine rings is 1. The summed E-state index contributed by atoms with van der Waals surface area (Å²) >= 11 is 0. The Morgan fingerprint density at radius 2 is 1.55 bits per heavy atom. The molecule has 0 atom stereocenters. The summed E-state index contributed by atoms with van der Waals surface area (Å²) in [6.45, 7) is 6.37. The molecule has 1 aliphatic heterocycles. The minimum absolute atomic E-state index is 0.593. The third kappa shape index (κ3) is 5.10. The summed E-state index contributed by atoms with van der Waals surface area (Å²) in [4.78, 5) is 11.8. The molecule has 158 valence electrons. The number of methoxy groups -OCH3 is 3. The maximum absolute atomic E-state index is 5.46. The van der Waals surface area contributed by atoms with Crippen LogP contribution in [0.4, 0.5) is 5.82 Å². The van der Waals surface area contributed by atoms with E-state index in [1.807, 2.05) is 18.3 Å². The second-order valence-corrected chi connectivity index (χ2v) is 7.45. The highest BCUT2D eigenvalue weighted by molar-refractivity contribution is 5.71. The van der Waals surface area contributed by atoms with E-state index in [-0.39, 0.29) is 0 Å². The van der Waals surface area contributed by atoms with Crippen LogP contribution >= 0.6 is 0 Å². The highest BCUT2D eigenvalue weighted by atomic mass is 16.5. The van der Waals surface area contributed by atoms with E-state index in [1.165, 1.54) is 0 Å². The van der Waals surface area contributed by atoms with Gasteiger partial charge in [0.2, 0.25) is 5.75 Å². The van der Waals surface area contributed by atoms with Gasteiger partial charge in [-0.2, -0.15) is 0 Å². The topological polar surface area (TPSA) is 50.3 Å². The van der Waals surface area contributed by atoms with Crippen molar-refractivity contribution in [2.45, 2.75) is 0 Å². The van der Waals surface area contributed by atoms with Gasteiger partial charge >= 0.3 is 0 Å². The Kier molecular flexibility index (Phi) is 7.17. The average Bonchev–Trinajstić information content (AvgIpc) is 2.77. The number of hydrogen-bond acceptors (Lipinski definition) is 7. The molecule has 0 unspecified atom stereocenters. The van der Waals surface area contributed by atoms with Crippen LogP contribution in [0.5, 0.6) is 17.2 Å². The van der Waals surface area contributed by atoms with Gasteiger partial charge in [0.25, 0.3) is 0 Å². The normalized spacial score (nSPS) is 14.9. The second-order valence-electron chi connectivity index (χ2n) is 7.45. The molecule has 29 heavy (non-hydrogen) atoms. The number of aromatic nitrogens is 1. The summed E-state index contributed by atoms with van der Waals surface area (Å²) in [6.07, 6.45) is 1.91. The van der Waals surface area contributed by atoms with Gasteiger partial charge in [0.1, 0.15) is 5.82 Å². The SMILES string of the molecule is COc1cc(-c2ccc(N3CCN(CCN(C)C)CC3)nc2)cc(OC)c1OC. The molecule has 1 aromatic carbocycles. The van der Waals surface area contributed by atoms with Crippen molar-refractivity contribution in [2.75, 3.05) is 79.6 Å². The molecule has 7 nitrogen and oxygen atoms in total. The average molecular weight is 401 g/mol. The van der Waals surface area contributed by atoms with Gasteiger partial charge in [0, 0.05) is 51.0 Å². The van der Waals surface area contributed by atoms with Crippen molar-refractivity contribution < 1.29 is 14.2 Å². The van der Waals surface area contributed by atoms with Crippen molar-refractivity contribution in [3.63, 3.8) is 0 Å². The largest absolute Gasteiger partial charge is 0.493 e. The standard InChI is InChI=1S/C22H32N4O3/c1-24(2)8-9-25-10-12-26(13-11-25)21-7-6-17(16-23-21)18-14-19(27-3)22(29-5)20(15-18)28-4/h6-7,14-16H,8-13H2,1-5H3. The van der Waals surface area contributed by atoms with Gasteiger partial charge in [-0.1, -0.05) is 0 Å². The van der Waals surface area contributed by atoms with Gasteiger partial charge < -0.3 is 24.0 Å². The number of nitrogens with zero attached hydrogens (tertiary/aromatic N) is 4. The Bertz CT molecular complexity index is 762.